The van der Waals surface area contributed by atoms with Crippen LogP contribution in [0.25, 0.3) is 0 Å². The topological polar surface area (TPSA) is 82.9 Å². The zero-order valence-corrected chi connectivity index (χ0v) is 25.9. The summed E-state index contributed by atoms with van der Waals surface area (Å²) in [7, 11) is 0. The standard InChI is InChI=1S/C35H49N2O4/c1-21-17-24(19-37(22(2)38)18-23-9-7-8-16-36-23)41-29-28(21)32(5)14-15-35-20-34(35)13-12-27(39)31(3,4)25(34)10-11-26(35)33(32,6)30(29)40/h7-9,16,21,25,27-28,30,39-40H,10-15,17-20H2,1-6H3/t21-,25+,27+,28+,30+,32-,33-,34-,35+/m1/s1. The van der Waals surface area contributed by atoms with E-state index in [1.807, 2.05) is 18.2 Å². The highest BCUT2D eigenvalue weighted by Crippen LogP contribution is 2.90. The smallest absolute Gasteiger partial charge is 0.219 e. The third-order valence-corrected chi connectivity index (χ3v) is 14.0. The van der Waals surface area contributed by atoms with Gasteiger partial charge in [-0.25, -0.2) is 0 Å². The molecule has 1 aliphatic heterocycles. The van der Waals surface area contributed by atoms with Gasteiger partial charge in [0.05, 0.1) is 31.0 Å². The number of aliphatic hydroxyl groups is 2. The van der Waals surface area contributed by atoms with Gasteiger partial charge in [0.2, 0.25) is 5.91 Å². The lowest BCUT2D eigenvalue weighted by Gasteiger charge is -2.63. The molecule has 1 amide bonds. The highest BCUT2D eigenvalue weighted by Gasteiger charge is 2.85. The van der Waals surface area contributed by atoms with Gasteiger partial charge in [0.1, 0.15) is 12.2 Å². The molecule has 0 unspecified atom stereocenters. The van der Waals surface area contributed by atoms with Gasteiger partial charge in [0.15, 0.2) is 0 Å². The number of pyridine rings is 1. The average Bonchev–Trinajstić information content (AvgIpc) is 3.56. The van der Waals surface area contributed by atoms with Crippen molar-refractivity contribution in [1.82, 2.24) is 9.88 Å². The molecule has 9 atom stereocenters. The molecular weight excluding hydrogens is 512 g/mol. The molecule has 5 aliphatic carbocycles. The van der Waals surface area contributed by atoms with Gasteiger partial charge < -0.3 is 19.8 Å². The first-order valence-corrected chi connectivity index (χ1v) is 16.1. The normalized spacial score (nSPS) is 47.0. The third kappa shape index (κ3) is 3.53. The van der Waals surface area contributed by atoms with Crippen molar-refractivity contribution in [3.05, 3.63) is 48.2 Å². The number of hydrogen-bond acceptors (Lipinski definition) is 5. The van der Waals surface area contributed by atoms with Crippen molar-refractivity contribution in [3.8, 4) is 0 Å². The van der Waals surface area contributed by atoms with Crippen LogP contribution in [0.5, 0.6) is 0 Å². The maximum absolute atomic E-state index is 12.6. The molecular formula is C35H49N2O4. The fraction of sp³-hybridized carbons (Fsp3) is 0.743. The van der Waals surface area contributed by atoms with Crippen LogP contribution < -0.4 is 0 Å². The lowest BCUT2D eigenvalue weighted by atomic mass is 9.41. The molecule has 1 aromatic rings. The summed E-state index contributed by atoms with van der Waals surface area (Å²) in [6.45, 7) is 14.2. The van der Waals surface area contributed by atoms with E-state index in [-0.39, 0.29) is 39.6 Å². The van der Waals surface area contributed by atoms with Crippen LogP contribution in [-0.4, -0.2) is 44.8 Å². The Labute approximate surface area is 246 Å². The first-order chi connectivity index (χ1) is 19.3. The average molecular weight is 562 g/mol. The quantitative estimate of drug-likeness (QED) is 0.479. The van der Waals surface area contributed by atoms with Crippen LogP contribution >= 0.6 is 0 Å². The van der Waals surface area contributed by atoms with Crippen LogP contribution in [0.2, 0.25) is 0 Å². The van der Waals surface area contributed by atoms with E-state index in [1.54, 1.807) is 23.9 Å². The van der Waals surface area contributed by atoms with E-state index >= 15 is 0 Å². The van der Waals surface area contributed by atoms with Gasteiger partial charge in [0, 0.05) is 24.5 Å². The summed E-state index contributed by atoms with van der Waals surface area (Å²) in [6.07, 6.45) is 11.2. The number of carbonyl (C=O) groups excluding carboxylic acids is 1. The van der Waals surface area contributed by atoms with E-state index in [4.69, 9.17) is 4.74 Å². The second-order valence-corrected chi connectivity index (χ2v) is 15.8. The molecule has 223 valence electrons. The summed E-state index contributed by atoms with van der Waals surface area (Å²) in [4.78, 5) is 18.9. The van der Waals surface area contributed by atoms with Gasteiger partial charge in [-0.1, -0.05) is 40.7 Å². The molecule has 0 aromatic carbocycles. The van der Waals surface area contributed by atoms with Crippen molar-refractivity contribution in [3.63, 3.8) is 0 Å². The molecule has 2 N–H and O–H groups in total. The number of nitrogens with zero attached hydrogens (tertiary/aromatic N) is 2. The molecule has 6 nitrogen and oxygen atoms in total. The summed E-state index contributed by atoms with van der Waals surface area (Å²) < 4.78 is 6.73. The number of rotatable bonds is 4. The van der Waals surface area contributed by atoms with Gasteiger partial charge in [-0.2, -0.15) is 0 Å². The highest BCUT2D eigenvalue weighted by molar-refractivity contribution is 5.73. The van der Waals surface area contributed by atoms with Crippen LogP contribution in [0, 0.1) is 63.0 Å². The summed E-state index contributed by atoms with van der Waals surface area (Å²) in [5.74, 6) is 2.71. The van der Waals surface area contributed by atoms with Crippen LogP contribution in [0.4, 0.5) is 0 Å². The Morgan fingerprint density at radius 2 is 1.88 bits per heavy atom. The molecule has 2 heterocycles. The Morgan fingerprint density at radius 1 is 1.10 bits per heavy atom. The molecule has 1 saturated heterocycles. The lowest BCUT2D eigenvalue weighted by Crippen LogP contribution is -2.58. The molecule has 41 heavy (non-hydrogen) atoms. The summed E-state index contributed by atoms with van der Waals surface area (Å²) in [5.41, 5.74) is 0.938. The minimum atomic E-state index is -0.639. The second-order valence-electron chi connectivity index (χ2n) is 15.8. The number of ether oxygens (including phenoxy) is 1. The molecule has 6 fully saturated rings. The van der Waals surface area contributed by atoms with E-state index in [2.05, 4.69) is 39.6 Å². The minimum Gasteiger partial charge on any atom is -0.393 e. The van der Waals surface area contributed by atoms with Crippen LogP contribution in [0.3, 0.4) is 0 Å². The first kappa shape index (κ1) is 28.3. The molecule has 6 heteroatoms. The Balaban J connectivity index is 1.16. The SMILES string of the molecule is CC(=O)N(C[C]1C[C@@H](C)[C@H]2[C](O1)[C@H](O)[C@@]1(C)[C]3CC[C@H]4C(C)(C)[C@@H](O)CC[C@@]45C[C@@]35CC[C@]21C)Cc1ccccn1. The predicted molar refractivity (Wildman–Crippen MR) is 156 cm³/mol. The zero-order valence-electron chi connectivity index (χ0n) is 25.9. The molecule has 0 bridgehead atoms. The first-order valence-electron chi connectivity index (χ1n) is 16.1. The Bertz CT molecular complexity index is 1210. The van der Waals surface area contributed by atoms with Crippen LogP contribution in [-0.2, 0) is 16.1 Å². The van der Waals surface area contributed by atoms with Crippen molar-refractivity contribution in [2.24, 2.45) is 44.8 Å². The maximum atomic E-state index is 12.6. The molecule has 2 spiro atoms. The minimum absolute atomic E-state index is 0.0000869. The van der Waals surface area contributed by atoms with Crippen molar-refractivity contribution < 1.29 is 19.7 Å². The summed E-state index contributed by atoms with van der Waals surface area (Å²) in [5, 5.41) is 23.3. The second kappa shape index (κ2) is 9.01. The lowest BCUT2D eigenvalue weighted by molar-refractivity contribution is -0.131. The van der Waals surface area contributed by atoms with Crippen molar-refractivity contribution in [1.29, 1.82) is 0 Å². The molecule has 7 rings (SSSR count). The number of aromatic nitrogens is 1. The zero-order chi connectivity index (χ0) is 29.2. The Morgan fingerprint density at radius 3 is 2.59 bits per heavy atom. The third-order valence-electron chi connectivity index (χ3n) is 14.0. The van der Waals surface area contributed by atoms with E-state index in [1.165, 1.54) is 12.8 Å². The van der Waals surface area contributed by atoms with Crippen molar-refractivity contribution in [2.45, 2.75) is 112 Å². The fourth-order valence-corrected chi connectivity index (χ4v) is 11.8. The van der Waals surface area contributed by atoms with Crippen LogP contribution in [0.15, 0.2) is 24.4 Å². The van der Waals surface area contributed by atoms with E-state index in [0.717, 1.165) is 56.4 Å². The Hall–Kier alpha value is -1.50. The largest absolute Gasteiger partial charge is 0.393 e. The van der Waals surface area contributed by atoms with Gasteiger partial charge in [-0.05, 0) is 103 Å². The predicted octanol–water partition coefficient (Wildman–Crippen LogP) is 5.89. The summed E-state index contributed by atoms with van der Waals surface area (Å²) >= 11 is 0. The van der Waals surface area contributed by atoms with Crippen molar-refractivity contribution >= 4 is 5.91 Å². The molecule has 5 saturated carbocycles. The summed E-state index contributed by atoms with van der Waals surface area (Å²) in [6, 6.07) is 5.78. The van der Waals surface area contributed by atoms with Gasteiger partial charge in [-0.15, -0.1) is 0 Å². The number of carbonyl (C=O) groups is 1. The van der Waals surface area contributed by atoms with Gasteiger partial charge in [0.25, 0.3) is 0 Å². The monoisotopic (exact) mass is 561 g/mol. The number of hydrogen-bond donors (Lipinski definition) is 2. The number of aliphatic hydroxyl groups excluding tert-OH is 2. The molecule has 1 aromatic heterocycles. The van der Waals surface area contributed by atoms with Crippen molar-refractivity contribution in [2.75, 3.05) is 6.54 Å². The van der Waals surface area contributed by atoms with Crippen LogP contribution in [0.1, 0.15) is 98.6 Å². The van der Waals surface area contributed by atoms with Gasteiger partial charge in [-0.3, -0.25) is 9.78 Å². The molecule has 6 aliphatic rings. The van der Waals surface area contributed by atoms with E-state index in [9.17, 15) is 15.0 Å². The fourth-order valence-electron chi connectivity index (χ4n) is 11.8. The maximum Gasteiger partial charge on any atom is 0.219 e. The Kier molecular flexibility index (Phi) is 6.22. The van der Waals surface area contributed by atoms with E-state index in [0.29, 0.717) is 30.3 Å². The molecule has 3 radical (unpaired) electrons. The number of amides is 1. The van der Waals surface area contributed by atoms with E-state index < -0.39 is 6.10 Å². The highest BCUT2D eigenvalue weighted by atomic mass is 16.5. The number of fused-ring (bicyclic) bond motifs is 4. The van der Waals surface area contributed by atoms with Gasteiger partial charge >= 0.3 is 0 Å².